The molecule has 0 radical (unpaired) electrons. The average Bonchev–Trinajstić information content (AvgIpc) is 3.15. The van der Waals surface area contributed by atoms with Crippen LogP contribution >= 0.6 is 0 Å². The molecule has 1 aliphatic rings. The SMILES string of the molecule is CC(C)N1c2nccnc2N(c2ccccc2)C(=O)C1c1nc[nH]n1. The quantitative estimate of drug-likeness (QED) is 0.789. The molecule has 0 spiro atoms. The van der Waals surface area contributed by atoms with Gasteiger partial charge in [0.25, 0.3) is 5.91 Å². The Labute approximate surface area is 144 Å². The highest BCUT2D eigenvalue weighted by Crippen LogP contribution is 2.42. The number of aromatic amines is 1. The Hall–Kier alpha value is -3.29. The van der Waals surface area contributed by atoms with Gasteiger partial charge in [-0.05, 0) is 26.0 Å². The second-order valence-corrected chi connectivity index (χ2v) is 5.97. The van der Waals surface area contributed by atoms with Gasteiger partial charge in [0.1, 0.15) is 6.33 Å². The topological polar surface area (TPSA) is 90.9 Å². The maximum atomic E-state index is 13.4. The van der Waals surface area contributed by atoms with Crippen molar-refractivity contribution in [2.45, 2.75) is 25.9 Å². The molecule has 3 aromatic rings. The minimum atomic E-state index is -0.671. The Morgan fingerprint density at radius 3 is 2.40 bits per heavy atom. The number of hydrogen-bond donors (Lipinski definition) is 1. The van der Waals surface area contributed by atoms with E-state index in [2.05, 4.69) is 25.1 Å². The van der Waals surface area contributed by atoms with Crippen molar-refractivity contribution < 1.29 is 4.79 Å². The molecular formula is C17H17N7O. The lowest BCUT2D eigenvalue weighted by Gasteiger charge is -2.41. The molecule has 0 saturated carbocycles. The van der Waals surface area contributed by atoms with E-state index in [-0.39, 0.29) is 11.9 Å². The second kappa shape index (κ2) is 5.97. The number of anilines is 3. The van der Waals surface area contributed by atoms with Crippen LogP contribution in [0.15, 0.2) is 49.1 Å². The maximum absolute atomic E-state index is 13.4. The van der Waals surface area contributed by atoms with Gasteiger partial charge in [-0.2, -0.15) is 5.10 Å². The zero-order chi connectivity index (χ0) is 17.4. The first-order valence-corrected chi connectivity index (χ1v) is 8.02. The summed E-state index contributed by atoms with van der Waals surface area (Å²) < 4.78 is 0. The first-order valence-electron chi connectivity index (χ1n) is 8.02. The first kappa shape index (κ1) is 15.3. The molecule has 4 rings (SSSR count). The van der Waals surface area contributed by atoms with Crippen LogP contribution < -0.4 is 9.80 Å². The number of nitrogens with zero attached hydrogens (tertiary/aromatic N) is 6. The molecular weight excluding hydrogens is 318 g/mol. The summed E-state index contributed by atoms with van der Waals surface area (Å²) in [6, 6.07) is 8.76. The number of carbonyl (C=O) groups is 1. The highest BCUT2D eigenvalue weighted by Gasteiger charge is 2.44. The Kier molecular flexibility index (Phi) is 3.64. The molecule has 3 heterocycles. The highest BCUT2D eigenvalue weighted by atomic mass is 16.2. The van der Waals surface area contributed by atoms with Crippen molar-refractivity contribution in [3.8, 4) is 0 Å². The average molecular weight is 335 g/mol. The zero-order valence-electron chi connectivity index (χ0n) is 13.9. The Morgan fingerprint density at radius 2 is 1.76 bits per heavy atom. The maximum Gasteiger partial charge on any atom is 0.263 e. The van der Waals surface area contributed by atoms with Gasteiger partial charge in [0.05, 0.1) is 5.69 Å². The van der Waals surface area contributed by atoms with Gasteiger partial charge in [-0.3, -0.25) is 14.8 Å². The summed E-state index contributed by atoms with van der Waals surface area (Å²) >= 11 is 0. The monoisotopic (exact) mass is 335 g/mol. The van der Waals surface area contributed by atoms with Crippen LogP contribution in [0.3, 0.4) is 0 Å². The van der Waals surface area contributed by atoms with Crippen LogP contribution in [-0.4, -0.2) is 37.1 Å². The molecule has 0 saturated heterocycles. The standard InChI is InChI=1S/C17H17N7O/c1-11(2)23-13(14-20-10-21-22-14)17(25)24(12-6-4-3-5-7-12)16-15(23)18-8-9-19-16/h3-11,13H,1-2H3,(H,20,21,22). The second-order valence-electron chi connectivity index (χ2n) is 5.97. The summed E-state index contributed by atoms with van der Waals surface area (Å²) in [7, 11) is 0. The summed E-state index contributed by atoms with van der Waals surface area (Å²) in [6.07, 6.45) is 4.69. The fraction of sp³-hybridized carbons (Fsp3) is 0.235. The number of hydrogen-bond acceptors (Lipinski definition) is 6. The van der Waals surface area contributed by atoms with E-state index in [0.29, 0.717) is 17.5 Å². The summed E-state index contributed by atoms with van der Waals surface area (Å²) in [4.78, 5) is 30.1. The smallest absolute Gasteiger partial charge is 0.263 e. The molecule has 0 aliphatic carbocycles. The van der Waals surface area contributed by atoms with E-state index in [1.807, 2.05) is 49.1 Å². The highest BCUT2D eigenvalue weighted by molar-refractivity contribution is 6.09. The molecule has 0 fully saturated rings. The van der Waals surface area contributed by atoms with Crippen molar-refractivity contribution in [3.63, 3.8) is 0 Å². The van der Waals surface area contributed by atoms with Crippen LogP contribution in [0, 0.1) is 0 Å². The van der Waals surface area contributed by atoms with Gasteiger partial charge in [-0.15, -0.1) is 0 Å². The number of amides is 1. The van der Waals surface area contributed by atoms with E-state index >= 15 is 0 Å². The predicted molar refractivity (Wildman–Crippen MR) is 92.4 cm³/mol. The van der Waals surface area contributed by atoms with Gasteiger partial charge in [-0.25, -0.2) is 15.0 Å². The molecule has 1 amide bonds. The molecule has 1 N–H and O–H groups in total. The summed E-state index contributed by atoms with van der Waals surface area (Å²) in [5.74, 6) is 1.40. The minimum absolute atomic E-state index is 0.0147. The van der Waals surface area contributed by atoms with Crippen molar-refractivity contribution in [1.29, 1.82) is 0 Å². The largest absolute Gasteiger partial charge is 0.332 e. The predicted octanol–water partition coefficient (Wildman–Crippen LogP) is 2.23. The zero-order valence-corrected chi connectivity index (χ0v) is 13.9. The third kappa shape index (κ3) is 2.42. The number of aromatic nitrogens is 5. The molecule has 1 aromatic carbocycles. The first-order chi connectivity index (χ1) is 12.2. The van der Waals surface area contributed by atoms with Crippen molar-refractivity contribution >= 4 is 23.2 Å². The lowest BCUT2D eigenvalue weighted by Crippen LogP contribution is -2.50. The Morgan fingerprint density at radius 1 is 1.04 bits per heavy atom. The van der Waals surface area contributed by atoms with Crippen LogP contribution in [0.25, 0.3) is 0 Å². The van der Waals surface area contributed by atoms with E-state index in [9.17, 15) is 4.79 Å². The normalized spacial score (nSPS) is 17.1. The molecule has 25 heavy (non-hydrogen) atoms. The third-order valence-corrected chi connectivity index (χ3v) is 4.10. The lowest BCUT2D eigenvalue weighted by atomic mass is 10.1. The molecule has 8 heteroatoms. The van der Waals surface area contributed by atoms with Gasteiger partial charge >= 0.3 is 0 Å². The number of fused-ring (bicyclic) bond motifs is 1. The molecule has 1 aliphatic heterocycles. The molecule has 1 atom stereocenters. The van der Waals surface area contributed by atoms with Gasteiger partial charge in [0.15, 0.2) is 23.5 Å². The third-order valence-electron chi connectivity index (χ3n) is 4.10. The van der Waals surface area contributed by atoms with Crippen LogP contribution in [0.2, 0.25) is 0 Å². The Balaban J connectivity index is 1.95. The Bertz CT molecular complexity index is 879. The fourth-order valence-corrected chi connectivity index (χ4v) is 3.09. The number of nitrogens with one attached hydrogen (secondary N) is 1. The number of rotatable bonds is 3. The van der Waals surface area contributed by atoms with Crippen LogP contribution in [0.4, 0.5) is 17.3 Å². The fourth-order valence-electron chi connectivity index (χ4n) is 3.09. The lowest BCUT2D eigenvalue weighted by molar-refractivity contribution is -0.120. The van der Waals surface area contributed by atoms with Crippen molar-refractivity contribution in [3.05, 3.63) is 54.9 Å². The number of H-pyrrole nitrogens is 1. The van der Waals surface area contributed by atoms with Crippen LogP contribution in [0.5, 0.6) is 0 Å². The van der Waals surface area contributed by atoms with Gasteiger partial charge in [-0.1, -0.05) is 18.2 Å². The van der Waals surface area contributed by atoms with Crippen molar-refractivity contribution in [2.75, 3.05) is 9.80 Å². The molecule has 126 valence electrons. The minimum Gasteiger partial charge on any atom is -0.332 e. The summed E-state index contributed by atoms with van der Waals surface area (Å²) in [5, 5.41) is 6.84. The van der Waals surface area contributed by atoms with Gasteiger partial charge in [0.2, 0.25) is 0 Å². The molecule has 0 bridgehead atoms. The van der Waals surface area contributed by atoms with E-state index < -0.39 is 6.04 Å². The summed E-state index contributed by atoms with van der Waals surface area (Å²) in [6.45, 7) is 4.01. The van der Waals surface area contributed by atoms with E-state index in [0.717, 1.165) is 5.69 Å². The number of benzene rings is 1. The van der Waals surface area contributed by atoms with Crippen LogP contribution in [0.1, 0.15) is 25.7 Å². The van der Waals surface area contributed by atoms with Gasteiger partial charge < -0.3 is 4.90 Å². The van der Waals surface area contributed by atoms with E-state index in [1.54, 1.807) is 17.3 Å². The number of carbonyl (C=O) groups excluding carboxylic acids is 1. The molecule has 8 nitrogen and oxygen atoms in total. The molecule has 1 unspecified atom stereocenters. The van der Waals surface area contributed by atoms with Crippen LogP contribution in [-0.2, 0) is 4.79 Å². The number of para-hydroxylation sites is 1. The van der Waals surface area contributed by atoms with Crippen molar-refractivity contribution in [2.24, 2.45) is 0 Å². The van der Waals surface area contributed by atoms with Crippen molar-refractivity contribution in [1.82, 2.24) is 25.1 Å². The molecule has 2 aromatic heterocycles. The van der Waals surface area contributed by atoms with Gasteiger partial charge in [0, 0.05) is 18.4 Å². The van der Waals surface area contributed by atoms with E-state index in [1.165, 1.54) is 6.33 Å². The van der Waals surface area contributed by atoms with E-state index in [4.69, 9.17) is 0 Å². The summed E-state index contributed by atoms with van der Waals surface area (Å²) in [5.41, 5.74) is 0.734.